The zero-order valence-electron chi connectivity index (χ0n) is 14.6. The summed E-state index contributed by atoms with van der Waals surface area (Å²) >= 11 is 0. The van der Waals surface area contributed by atoms with E-state index >= 15 is 0 Å². The molecule has 0 unspecified atom stereocenters. The summed E-state index contributed by atoms with van der Waals surface area (Å²) < 4.78 is 13.9. The van der Waals surface area contributed by atoms with Crippen LogP contribution in [0.2, 0.25) is 0 Å². The number of halogens is 1. The van der Waals surface area contributed by atoms with Crippen LogP contribution in [0.5, 0.6) is 0 Å². The van der Waals surface area contributed by atoms with E-state index in [9.17, 15) is 9.18 Å². The first-order valence-electron chi connectivity index (χ1n) is 9.12. The van der Waals surface area contributed by atoms with E-state index in [-0.39, 0.29) is 11.7 Å². The molecule has 1 saturated carbocycles. The Morgan fingerprint density at radius 1 is 1.12 bits per heavy atom. The third-order valence-electron chi connectivity index (χ3n) is 5.44. The number of nitrogens with zero attached hydrogens (tertiary/aromatic N) is 3. The van der Waals surface area contributed by atoms with Crippen molar-refractivity contribution in [2.75, 3.05) is 44.7 Å². The molecule has 24 heavy (non-hydrogen) atoms. The van der Waals surface area contributed by atoms with Crippen molar-refractivity contribution in [3.63, 3.8) is 0 Å². The highest BCUT2D eigenvalue weighted by molar-refractivity contribution is 5.78. The minimum atomic E-state index is -0.168. The molecular weight excluding hydrogens is 305 g/mol. The summed E-state index contributed by atoms with van der Waals surface area (Å²) in [6, 6.07) is 7.34. The Morgan fingerprint density at radius 2 is 1.79 bits per heavy atom. The molecule has 1 heterocycles. The van der Waals surface area contributed by atoms with Gasteiger partial charge in [0.05, 0.1) is 12.2 Å². The highest BCUT2D eigenvalue weighted by Crippen LogP contribution is 2.22. The van der Waals surface area contributed by atoms with Crippen LogP contribution >= 0.6 is 0 Å². The Balaban J connectivity index is 1.48. The second kappa shape index (κ2) is 7.97. The van der Waals surface area contributed by atoms with Crippen molar-refractivity contribution in [3.05, 3.63) is 30.1 Å². The summed E-state index contributed by atoms with van der Waals surface area (Å²) in [4.78, 5) is 18.8. The van der Waals surface area contributed by atoms with Crippen LogP contribution < -0.4 is 4.90 Å². The molecular formula is C19H28FN3O. The molecule has 1 aliphatic carbocycles. The van der Waals surface area contributed by atoms with Crippen molar-refractivity contribution in [1.82, 2.24) is 9.80 Å². The smallest absolute Gasteiger partial charge is 0.236 e. The van der Waals surface area contributed by atoms with Crippen LogP contribution in [0.25, 0.3) is 0 Å². The zero-order valence-corrected chi connectivity index (χ0v) is 14.6. The van der Waals surface area contributed by atoms with Crippen molar-refractivity contribution in [2.45, 2.75) is 38.1 Å². The Hall–Kier alpha value is -1.62. The molecule has 1 aliphatic heterocycles. The Kier molecular flexibility index (Phi) is 5.72. The topological polar surface area (TPSA) is 26.8 Å². The number of carbonyl (C=O) groups excluding carboxylic acids is 1. The van der Waals surface area contributed by atoms with Crippen LogP contribution in [0.1, 0.15) is 32.1 Å². The molecule has 0 bridgehead atoms. The summed E-state index contributed by atoms with van der Waals surface area (Å²) in [6.07, 6.45) is 6.07. The van der Waals surface area contributed by atoms with Crippen molar-refractivity contribution in [2.24, 2.45) is 0 Å². The number of amides is 1. The number of likely N-dealkylation sites (N-methyl/N-ethyl adjacent to an activating group) is 1. The number of hydrogen-bond acceptors (Lipinski definition) is 3. The number of rotatable bonds is 4. The molecule has 2 fully saturated rings. The zero-order chi connectivity index (χ0) is 16.9. The average Bonchev–Trinajstić information content (AvgIpc) is 2.63. The highest BCUT2D eigenvalue weighted by atomic mass is 19.1. The largest absolute Gasteiger partial charge is 0.367 e. The van der Waals surface area contributed by atoms with Crippen molar-refractivity contribution in [1.29, 1.82) is 0 Å². The van der Waals surface area contributed by atoms with Gasteiger partial charge in [-0.1, -0.05) is 31.4 Å². The SMILES string of the molecule is CN(C(=O)CN1CCN(c2ccccc2F)CC1)C1CCCCC1. The first kappa shape index (κ1) is 17.2. The molecule has 0 N–H and O–H groups in total. The lowest BCUT2D eigenvalue weighted by molar-refractivity contribution is -0.133. The van der Waals surface area contributed by atoms with Crippen LogP contribution in [-0.4, -0.2) is 61.5 Å². The molecule has 0 spiro atoms. The maximum Gasteiger partial charge on any atom is 0.236 e. The third-order valence-corrected chi connectivity index (χ3v) is 5.44. The van der Waals surface area contributed by atoms with Crippen LogP contribution in [0.15, 0.2) is 24.3 Å². The Bertz CT molecular complexity index is 551. The molecule has 3 rings (SSSR count). The van der Waals surface area contributed by atoms with E-state index in [0.717, 1.165) is 39.0 Å². The Labute approximate surface area is 144 Å². The van der Waals surface area contributed by atoms with E-state index in [0.29, 0.717) is 18.3 Å². The van der Waals surface area contributed by atoms with E-state index in [2.05, 4.69) is 9.80 Å². The molecule has 1 aromatic rings. The van der Waals surface area contributed by atoms with E-state index in [1.807, 2.05) is 24.1 Å². The van der Waals surface area contributed by atoms with Gasteiger partial charge in [0.25, 0.3) is 0 Å². The second-order valence-electron chi connectivity index (χ2n) is 7.01. The maximum absolute atomic E-state index is 13.9. The summed E-state index contributed by atoms with van der Waals surface area (Å²) in [5.74, 6) is 0.0558. The van der Waals surface area contributed by atoms with Crippen LogP contribution in [0, 0.1) is 5.82 Å². The van der Waals surface area contributed by atoms with E-state index in [1.54, 1.807) is 6.07 Å². The summed E-state index contributed by atoms with van der Waals surface area (Å²) in [6.45, 7) is 3.62. The summed E-state index contributed by atoms with van der Waals surface area (Å²) in [5, 5.41) is 0. The number of carbonyl (C=O) groups is 1. The molecule has 1 aromatic carbocycles. The number of piperazine rings is 1. The fraction of sp³-hybridized carbons (Fsp3) is 0.632. The first-order valence-corrected chi connectivity index (χ1v) is 9.12. The molecule has 5 heteroatoms. The van der Waals surface area contributed by atoms with Gasteiger partial charge < -0.3 is 9.80 Å². The molecule has 0 aromatic heterocycles. The summed E-state index contributed by atoms with van der Waals surface area (Å²) in [5.41, 5.74) is 0.669. The van der Waals surface area contributed by atoms with E-state index in [1.165, 1.54) is 25.3 Å². The van der Waals surface area contributed by atoms with Crippen molar-refractivity contribution < 1.29 is 9.18 Å². The highest BCUT2D eigenvalue weighted by Gasteiger charge is 2.25. The van der Waals surface area contributed by atoms with Gasteiger partial charge in [0.1, 0.15) is 5.82 Å². The lowest BCUT2D eigenvalue weighted by Crippen LogP contribution is -2.51. The van der Waals surface area contributed by atoms with Gasteiger partial charge in [-0.15, -0.1) is 0 Å². The van der Waals surface area contributed by atoms with Gasteiger partial charge in [-0.2, -0.15) is 0 Å². The van der Waals surface area contributed by atoms with E-state index in [4.69, 9.17) is 0 Å². The first-order chi connectivity index (χ1) is 11.6. The molecule has 132 valence electrons. The standard InChI is InChI=1S/C19H28FN3O/c1-21(16-7-3-2-4-8-16)19(24)15-22-11-13-23(14-12-22)18-10-6-5-9-17(18)20/h5-6,9-10,16H,2-4,7-8,11-15H2,1H3. The average molecular weight is 333 g/mol. The van der Waals surface area contributed by atoms with E-state index < -0.39 is 0 Å². The molecule has 0 atom stereocenters. The van der Waals surface area contributed by atoms with Gasteiger partial charge in [0, 0.05) is 39.3 Å². The fourth-order valence-electron chi connectivity index (χ4n) is 3.83. The maximum atomic E-state index is 13.9. The van der Waals surface area contributed by atoms with Gasteiger partial charge >= 0.3 is 0 Å². The minimum Gasteiger partial charge on any atom is -0.367 e. The van der Waals surface area contributed by atoms with Crippen LogP contribution in [0.3, 0.4) is 0 Å². The Morgan fingerprint density at radius 3 is 2.46 bits per heavy atom. The third kappa shape index (κ3) is 4.07. The van der Waals surface area contributed by atoms with Gasteiger partial charge in [0.15, 0.2) is 0 Å². The van der Waals surface area contributed by atoms with Crippen LogP contribution in [-0.2, 0) is 4.79 Å². The summed E-state index contributed by atoms with van der Waals surface area (Å²) in [7, 11) is 1.95. The monoisotopic (exact) mass is 333 g/mol. The normalized spacial score (nSPS) is 20.2. The van der Waals surface area contributed by atoms with Gasteiger partial charge in [-0.05, 0) is 25.0 Å². The second-order valence-corrected chi connectivity index (χ2v) is 7.01. The number of anilines is 1. The molecule has 2 aliphatic rings. The van der Waals surface area contributed by atoms with Crippen molar-refractivity contribution in [3.8, 4) is 0 Å². The van der Waals surface area contributed by atoms with Gasteiger partial charge in [0.2, 0.25) is 5.91 Å². The number of para-hydroxylation sites is 1. The molecule has 0 radical (unpaired) electrons. The predicted octanol–water partition coefficient (Wildman–Crippen LogP) is 2.74. The van der Waals surface area contributed by atoms with Gasteiger partial charge in [-0.3, -0.25) is 9.69 Å². The fourth-order valence-corrected chi connectivity index (χ4v) is 3.83. The predicted molar refractivity (Wildman–Crippen MR) is 94.7 cm³/mol. The quantitative estimate of drug-likeness (QED) is 0.848. The van der Waals surface area contributed by atoms with Crippen LogP contribution in [0.4, 0.5) is 10.1 Å². The number of benzene rings is 1. The lowest BCUT2D eigenvalue weighted by atomic mass is 9.94. The van der Waals surface area contributed by atoms with Crippen molar-refractivity contribution >= 4 is 11.6 Å². The lowest BCUT2D eigenvalue weighted by Gasteiger charge is -2.37. The number of hydrogen-bond donors (Lipinski definition) is 0. The molecule has 1 amide bonds. The molecule has 1 saturated heterocycles. The minimum absolute atomic E-state index is 0.168. The molecule has 4 nitrogen and oxygen atoms in total. The van der Waals surface area contributed by atoms with Gasteiger partial charge in [-0.25, -0.2) is 4.39 Å².